The molecule has 118 valence electrons. The number of carbonyl (C=O) groups is 1. The van der Waals surface area contributed by atoms with Crippen LogP contribution in [0.1, 0.15) is 31.2 Å². The molecule has 2 aromatic rings. The molecule has 6 heteroatoms. The topological polar surface area (TPSA) is 60.9 Å². The van der Waals surface area contributed by atoms with E-state index in [1.165, 1.54) is 12.8 Å². The Bertz CT molecular complexity index is 814. The van der Waals surface area contributed by atoms with Crippen LogP contribution in [0.5, 0.6) is 17.4 Å². The van der Waals surface area contributed by atoms with Crippen LogP contribution in [0.4, 0.5) is 4.79 Å². The first-order chi connectivity index (χ1) is 11.3. The number of hydrogen-bond donors (Lipinski definition) is 0. The normalized spacial score (nSPS) is 20.0. The van der Waals surface area contributed by atoms with Gasteiger partial charge >= 0.3 is 6.09 Å². The Morgan fingerprint density at radius 2 is 1.87 bits per heavy atom. The SMILES string of the molecule is O=C1Oc2nc3cc4c(cc3cc2CN1C1CCCC1)OCO4. The van der Waals surface area contributed by atoms with E-state index in [0.29, 0.717) is 24.2 Å². The third kappa shape index (κ3) is 2.01. The highest BCUT2D eigenvalue weighted by atomic mass is 16.7. The fourth-order valence-corrected chi connectivity index (χ4v) is 3.68. The Balaban J connectivity index is 1.56. The van der Waals surface area contributed by atoms with Gasteiger partial charge in [-0.25, -0.2) is 9.78 Å². The van der Waals surface area contributed by atoms with Gasteiger partial charge in [0.05, 0.1) is 12.1 Å². The summed E-state index contributed by atoms with van der Waals surface area (Å²) in [6.45, 7) is 0.798. The second kappa shape index (κ2) is 4.75. The molecule has 1 amide bonds. The van der Waals surface area contributed by atoms with Gasteiger partial charge in [0.15, 0.2) is 11.5 Å². The summed E-state index contributed by atoms with van der Waals surface area (Å²) < 4.78 is 16.3. The predicted molar refractivity (Wildman–Crippen MR) is 81.7 cm³/mol. The van der Waals surface area contributed by atoms with E-state index in [-0.39, 0.29) is 12.9 Å². The van der Waals surface area contributed by atoms with Crippen molar-refractivity contribution in [2.75, 3.05) is 6.79 Å². The van der Waals surface area contributed by atoms with Gasteiger partial charge in [-0.05, 0) is 25.0 Å². The molecule has 1 aromatic carbocycles. The van der Waals surface area contributed by atoms with Gasteiger partial charge < -0.3 is 19.1 Å². The summed E-state index contributed by atoms with van der Waals surface area (Å²) in [5.41, 5.74) is 1.69. The van der Waals surface area contributed by atoms with E-state index in [4.69, 9.17) is 14.2 Å². The maximum atomic E-state index is 12.3. The van der Waals surface area contributed by atoms with E-state index in [0.717, 1.165) is 35.1 Å². The van der Waals surface area contributed by atoms with E-state index >= 15 is 0 Å². The number of carbonyl (C=O) groups excluding carboxylic acids is 1. The van der Waals surface area contributed by atoms with Gasteiger partial charge in [-0.3, -0.25) is 0 Å². The third-order valence-electron chi connectivity index (χ3n) is 4.87. The zero-order valence-corrected chi connectivity index (χ0v) is 12.6. The minimum atomic E-state index is -0.281. The van der Waals surface area contributed by atoms with Crippen molar-refractivity contribution >= 4 is 17.0 Å². The molecular formula is C17H16N2O4. The molecule has 0 saturated heterocycles. The van der Waals surface area contributed by atoms with Crippen LogP contribution in [0.2, 0.25) is 0 Å². The number of fused-ring (bicyclic) bond motifs is 3. The second-order valence-corrected chi connectivity index (χ2v) is 6.28. The van der Waals surface area contributed by atoms with Crippen LogP contribution in [0, 0.1) is 0 Å². The van der Waals surface area contributed by atoms with E-state index in [1.807, 2.05) is 23.1 Å². The lowest BCUT2D eigenvalue weighted by atomic mass is 10.1. The molecular weight excluding hydrogens is 296 g/mol. The minimum absolute atomic E-state index is 0.232. The molecule has 2 aliphatic heterocycles. The van der Waals surface area contributed by atoms with Crippen LogP contribution >= 0.6 is 0 Å². The van der Waals surface area contributed by atoms with Crippen molar-refractivity contribution in [3.63, 3.8) is 0 Å². The number of rotatable bonds is 1. The zero-order chi connectivity index (χ0) is 15.4. The molecule has 1 fully saturated rings. The third-order valence-corrected chi connectivity index (χ3v) is 4.87. The van der Waals surface area contributed by atoms with Crippen molar-refractivity contribution in [3.05, 3.63) is 23.8 Å². The highest BCUT2D eigenvalue weighted by molar-refractivity contribution is 5.85. The summed E-state index contributed by atoms with van der Waals surface area (Å²) >= 11 is 0. The molecule has 1 saturated carbocycles. The molecule has 3 heterocycles. The Morgan fingerprint density at radius 1 is 1.09 bits per heavy atom. The lowest BCUT2D eigenvalue weighted by Gasteiger charge is -2.32. The average Bonchev–Trinajstić information content (AvgIpc) is 3.21. The molecule has 0 N–H and O–H groups in total. The molecule has 5 rings (SSSR count). The van der Waals surface area contributed by atoms with Crippen LogP contribution in [0.25, 0.3) is 10.9 Å². The van der Waals surface area contributed by atoms with E-state index in [9.17, 15) is 4.79 Å². The smallest absolute Gasteiger partial charge is 0.417 e. The van der Waals surface area contributed by atoms with Crippen molar-refractivity contribution in [3.8, 4) is 17.4 Å². The first kappa shape index (κ1) is 13.0. The quantitative estimate of drug-likeness (QED) is 0.809. The number of hydrogen-bond acceptors (Lipinski definition) is 5. The molecule has 0 radical (unpaired) electrons. The number of benzene rings is 1. The first-order valence-corrected chi connectivity index (χ1v) is 8.00. The van der Waals surface area contributed by atoms with Gasteiger partial charge in [0.25, 0.3) is 0 Å². The minimum Gasteiger partial charge on any atom is -0.454 e. The fourth-order valence-electron chi connectivity index (χ4n) is 3.68. The summed E-state index contributed by atoms with van der Waals surface area (Å²) in [6.07, 6.45) is 4.20. The van der Waals surface area contributed by atoms with Crippen molar-refractivity contribution in [2.24, 2.45) is 0 Å². The maximum absolute atomic E-state index is 12.3. The lowest BCUT2D eigenvalue weighted by molar-refractivity contribution is 0.114. The van der Waals surface area contributed by atoms with Crippen LogP contribution in [0.15, 0.2) is 18.2 Å². The Hall–Kier alpha value is -2.50. The summed E-state index contributed by atoms with van der Waals surface area (Å²) in [7, 11) is 0. The Labute approximate surface area is 132 Å². The highest BCUT2D eigenvalue weighted by Gasteiger charge is 2.33. The summed E-state index contributed by atoms with van der Waals surface area (Å²) in [5.74, 6) is 1.83. The molecule has 0 unspecified atom stereocenters. The number of ether oxygens (including phenoxy) is 3. The predicted octanol–water partition coefficient (Wildman–Crippen LogP) is 3.22. The summed E-state index contributed by atoms with van der Waals surface area (Å²) in [5, 5.41) is 0.970. The maximum Gasteiger partial charge on any atom is 0.417 e. The molecule has 1 aliphatic carbocycles. The number of amides is 1. The molecule has 0 atom stereocenters. The van der Waals surface area contributed by atoms with Gasteiger partial charge in [-0.1, -0.05) is 12.8 Å². The van der Waals surface area contributed by atoms with Gasteiger partial charge in [0.2, 0.25) is 12.7 Å². The fraction of sp³-hybridized carbons (Fsp3) is 0.412. The van der Waals surface area contributed by atoms with Crippen LogP contribution < -0.4 is 14.2 Å². The number of pyridine rings is 1. The Morgan fingerprint density at radius 3 is 2.70 bits per heavy atom. The average molecular weight is 312 g/mol. The standard InChI is InChI=1S/C17H16N2O4/c20-17-19(12-3-1-2-4-12)8-11-5-10-6-14-15(22-9-21-14)7-13(10)18-16(11)23-17/h5-7,12H,1-4,8-9H2. The number of nitrogens with zero attached hydrogens (tertiary/aromatic N) is 2. The van der Waals surface area contributed by atoms with Crippen LogP contribution in [-0.2, 0) is 6.54 Å². The van der Waals surface area contributed by atoms with Crippen molar-refractivity contribution < 1.29 is 19.0 Å². The highest BCUT2D eigenvalue weighted by Crippen LogP contribution is 2.38. The molecule has 1 aromatic heterocycles. The van der Waals surface area contributed by atoms with Crippen molar-refractivity contribution in [2.45, 2.75) is 38.3 Å². The molecule has 3 aliphatic rings. The van der Waals surface area contributed by atoms with Gasteiger partial charge in [0.1, 0.15) is 0 Å². The van der Waals surface area contributed by atoms with Crippen molar-refractivity contribution in [1.29, 1.82) is 0 Å². The molecule has 6 nitrogen and oxygen atoms in total. The van der Waals surface area contributed by atoms with E-state index in [2.05, 4.69) is 4.98 Å². The summed E-state index contributed by atoms with van der Waals surface area (Å²) in [4.78, 5) is 18.6. The molecule has 0 bridgehead atoms. The molecule has 23 heavy (non-hydrogen) atoms. The largest absolute Gasteiger partial charge is 0.454 e. The number of aromatic nitrogens is 1. The first-order valence-electron chi connectivity index (χ1n) is 8.00. The van der Waals surface area contributed by atoms with Gasteiger partial charge in [0, 0.05) is 23.1 Å². The lowest BCUT2D eigenvalue weighted by Crippen LogP contribution is -2.43. The van der Waals surface area contributed by atoms with Crippen LogP contribution in [-0.4, -0.2) is 28.8 Å². The summed E-state index contributed by atoms with van der Waals surface area (Å²) in [6, 6.07) is 6.09. The van der Waals surface area contributed by atoms with E-state index in [1.54, 1.807) is 0 Å². The monoisotopic (exact) mass is 312 g/mol. The zero-order valence-electron chi connectivity index (χ0n) is 12.6. The van der Waals surface area contributed by atoms with E-state index < -0.39 is 0 Å². The Kier molecular flexibility index (Phi) is 2.68. The van der Waals surface area contributed by atoms with Gasteiger partial charge in [-0.15, -0.1) is 0 Å². The van der Waals surface area contributed by atoms with Crippen molar-refractivity contribution in [1.82, 2.24) is 9.88 Å². The molecule has 0 spiro atoms. The second-order valence-electron chi connectivity index (χ2n) is 6.28. The van der Waals surface area contributed by atoms with Crippen LogP contribution in [0.3, 0.4) is 0 Å². The van der Waals surface area contributed by atoms with Gasteiger partial charge in [-0.2, -0.15) is 0 Å².